The second kappa shape index (κ2) is 4.72. The third-order valence-corrected chi connectivity index (χ3v) is 13.4. The minimum atomic E-state index is -0.745. The molecule has 0 aromatic rings. The van der Waals surface area contributed by atoms with Crippen LogP contribution in [-0.2, 0) is 0 Å². The molecule has 60 valence electrons. The molecule has 0 aliphatic rings. The van der Waals surface area contributed by atoms with Gasteiger partial charge in [0.2, 0.25) is 0 Å². The van der Waals surface area contributed by atoms with Gasteiger partial charge in [0.1, 0.15) is 5.57 Å². The standard InChI is InChI=1S/C7H17ISi2/c1-5-7(2)9-6-10(3,4)8/h5H,6,9H2,1-4H3. The van der Waals surface area contributed by atoms with Crippen LogP contribution in [0, 0.1) is 0 Å². The largest absolute Gasteiger partial charge is 0.120 e. The maximum Gasteiger partial charge on any atom is 0.116 e. The highest BCUT2D eigenvalue weighted by Gasteiger charge is 2.14. The molecule has 0 fully saturated rings. The van der Waals surface area contributed by atoms with Gasteiger partial charge in [-0.1, -0.05) is 30.0 Å². The van der Waals surface area contributed by atoms with E-state index in [1.165, 1.54) is 0 Å². The van der Waals surface area contributed by atoms with Crippen molar-refractivity contribution in [2.24, 2.45) is 0 Å². The highest BCUT2D eigenvalue weighted by Crippen LogP contribution is 2.17. The van der Waals surface area contributed by atoms with E-state index in [1.54, 1.807) is 10.9 Å². The first-order chi connectivity index (χ1) is 4.45. The molecule has 0 aliphatic carbocycles. The summed E-state index contributed by atoms with van der Waals surface area (Å²) in [7, 11) is 0.147. The van der Waals surface area contributed by atoms with Crippen LogP contribution in [0.3, 0.4) is 0 Å². The van der Waals surface area contributed by atoms with Crippen molar-refractivity contribution >= 4 is 36.9 Å². The summed E-state index contributed by atoms with van der Waals surface area (Å²) in [5.74, 6) is 0. The number of hydrogen-bond donors (Lipinski definition) is 0. The molecule has 0 atom stereocenters. The Hall–Kier alpha value is 0.904. The molecule has 0 aliphatic heterocycles. The Morgan fingerprint density at radius 3 is 2.40 bits per heavy atom. The van der Waals surface area contributed by atoms with E-state index in [0.717, 1.165) is 0 Å². The van der Waals surface area contributed by atoms with Gasteiger partial charge >= 0.3 is 0 Å². The number of hydrogen-bond acceptors (Lipinski definition) is 0. The van der Waals surface area contributed by atoms with Crippen LogP contribution in [0.1, 0.15) is 13.8 Å². The van der Waals surface area contributed by atoms with E-state index in [1.807, 2.05) is 0 Å². The Balaban J connectivity index is 3.56. The van der Waals surface area contributed by atoms with Gasteiger partial charge < -0.3 is 0 Å². The molecular weight excluding hydrogens is 267 g/mol. The van der Waals surface area contributed by atoms with E-state index in [2.05, 4.69) is 54.8 Å². The maximum atomic E-state index is 2.67. The van der Waals surface area contributed by atoms with Gasteiger partial charge in [-0.15, -0.1) is 21.8 Å². The number of rotatable bonds is 3. The molecule has 0 saturated carbocycles. The Morgan fingerprint density at radius 1 is 1.60 bits per heavy atom. The van der Waals surface area contributed by atoms with Gasteiger partial charge in [0.05, 0.1) is 0 Å². The topological polar surface area (TPSA) is 0 Å². The molecule has 3 heteroatoms. The predicted octanol–water partition coefficient (Wildman–Crippen LogP) is 2.68. The third-order valence-electron chi connectivity index (χ3n) is 1.61. The van der Waals surface area contributed by atoms with Crippen LogP contribution < -0.4 is 0 Å². The molecule has 0 bridgehead atoms. The Morgan fingerprint density at radius 2 is 2.10 bits per heavy atom. The molecule has 0 unspecified atom stereocenters. The van der Waals surface area contributed by atoms with Crippen LogP contribution in [0.5, 0.6) is 0 Å². The average Bonchev–Trinajstić information content (AvgIpc) is 1.81. The van der Waals surface area contributed by atoms with Gasteiger partial charge in [-0.25, -0.2) is 0 Å². The summed E-state index contributed by atoms with van der Waals surface area (Å²) >= 11 is 2.67. The quantitative estimate of drug-likeness (QED) is 0.425. The van der Waals surface area contributed by atoms with Crippen molar-refractivity contribution in [2.75, 3.05) is 0 Å². The Bertz CT molecular complexity index is 124. The van der Waals surface area contributed by atoms with Crippen LogP contribution in [0.4, 0.5) is 0 Å². The van der Waals surface area contributed by atoms with Crippen LogP contribution >= 0.6 is 21.8 Å². The molecule has 0 N–H and O–H groups in total. The molecule has 0 nitrogen and oxygen atoms in total. The van der Waals surface area contributed by atoms with Crippen LogP contribution in [-0.4, -0.2) is 15.1 Å². The monoisotopic (exact) mass is 284 g/mol. The lowest BCUT2D eigenvalue weighted by Gasteiger charge is -2.12. The fourth-order valence-electron chi connectivity index (χ4n) is 0.639. The van der Waals surface area contributed by atoms with Crippen LogP contribution in [0.15, 0.2) is 11.3 Å². The lowest BCUT2D eigenvalue weighted by Crippen LogP contribution is -2.18. The Labute approximate surface area is 80.5 Å². The van der Waals surface area contributed by atoms with Crippen molar-refractivity contribution in [1.82, 2.24) is 0 Å². The summed E-state index contributed by atoms with van der Waals surface area (Å²) in [6.07, 6.45) is 2.28. The fourth-order valence-corrected chi connectivity index (χ4v) is 7.31. The molecule has 0 amide bonds. The SMILES string of the molecule is CC=C(C)[SiH2]C[Si](C)(C)I. The van der Waals surface area contributed by atoms with Crippen molar-refractivity contribution in [3.63, 3.8) is 0 Å². The molecule has 0 aromatic carbocycles. The minimum absolute atomic E-state index is 0.147. The smallest absolute Gasteiger partial charge is 0.116 e. The van der Waals surface area contributed by atoms with Crippen molar-refractivity contribution in [3.8, 4) is 0 Å². The minimum Gasteiger partial charge on any atom is -0.120 e. The number of allylic oxidation sites excluding steroid dienone is 2. The molecule has 0 radical (unpaired) electrons. The zero-order chi connectivity index (χ0) is 8.20. The highest BCUT2D eigenvalue weighted by atomic mass is 127. The average molecular weight is 284 g/mol. The van der Waals surface area contributed by atoms with Gasteiger partial charge in [-0.3, -0.25) is 0 Å². The molecule has 0 aromatic heterocycles. The lowest BCUT2D eigenvalue weighted by molar-refractivity contribution is 1.55. The summed E-state index contributed by atoms with van der Waals surface area (Å²) in [6, 6.07) is 0. The van der Waals surface area contributed by atoms with Crippen molar-refractivity contribution in [3.05, 3.63) is 11.3 Å². The van der Waals surface area contributed by atoms with Gasteiger partial charge in [0, 0.05) is 9.52 Å². The molecule has 0 saturated heterocycles. The first-order valence-electron chi connectivity index (χ1n) is 3.76. The van der Waals surface area contributed by atoms with E-state index in [4.69, 9.17) is 0 Å². The van der Waals surface area contributed by atoms with E-state index >= 15 is 0 Å². The molecule has 0 spiro atoms. The predicted molar refractivity (Wildman–Crippen MR) is 64.3 cm³/mol. The summed E-state index contributed by atoms with van der Waals surface area (Å²) in [5, 5.41) is 1.68. The summed E-state index contributed by atoms with van der Waals surface area (Å²) in [5.41, 5.74) is 0.814. The molecule has 0 rings (SSSR count). The molecule has 0 heterocycles. The Kier molecular flexibility index (Phi) is 5.14. The first kappa shape index (κ1) is 10.9. The van der Waals surface area contributed by atoms with E-state index in [0.29, 0.717) is 0 Å². The zero-order valence-corrected chi connectivity index (χ0v) is 11.9. The molecule has 10 heavy (non-hydrogen) atoms. The third kappa shape index (κ3) is 7.02. The lowest BCUT2D eigenvalue weighted by atomic mass is 10.6. The van der Waals surface area contributed by atoms with E-state index < -0.39 is 5.57 Å². The van der Waals surface area contributed by atoms with Crippen molar-refractivity contribution < 1.29 is 0 Å². The van der Waals surface area contributed by atoms with Crippen molar-refractivity contribution in [1.29, 1.82) is 0 Å². The summed E-state index contributed by atoms with van der Waals surface area (Å²) in [6.45, 7) is 9.33. The van der Waals surface area contributed by atoms with Crippen molar-refractivity contribution in [2.45, 2.75) is 32.6 Å². The van der Waals surface area contributed by atoms with Gasteiger partial charge in [-0.2, -0.15) is 0 Å². The van der Waals surface area contributed by atoms with Gasteiger partial charge in [-0.05, 0) is 13.8 Å². The van der Waals surface area contributed by atoms with E-state index in [9.17, 15) is 0 Å². The zero-order valence-electron chi connectivity index (χ0n) is 7.37. The molecular formula is C7H17ISi2. The second-order valence-corrected chi connectivity index (χ2v) is 19.2. The second-order valence-electron chi connectivity index (χ2n) is 3.35. The van der Waals surface area contributed by atoms with E-state index in [-0.39, 0.29) is 9.52 Å². The van der Waals surface area contributed by atoms with Crippen LogP contribution in [0.25, 0.3) is 0 Å². The fraction of sp³-hybridized carbons (Fsp3) is 0.714. The highest BCUT2D eigenvalue weighted by molar-refractivity contribution is 14.1. The number of halogens is 1. The normalized spacial score (nSPS) is 15.1. The van der Waals surface area contributed by atoms with Crippen LogP contribution in [0.2, 0.25) is 18.8 Å². The van der Waals surface area contributed by atoms with Gasteiger partial charge in [0.15, 0.2) is 0 Å². The summed E-state index contributed by atoms with van der Waals surface area (Å²) < 4.78 is 0. The van der Waals surface area contributed by atoms with Gasteiger partial charge in [0.25, 0.3) is 0 Å². The summed E-state index contributed by atoms with van der Waals surface area (Å²) in [4.78, 5) is 0. The maximum absolute atomic E-state index is 2.67. The first-order valence-corrected chi connectivity index (χ1v) is 11.8.